The van der Waals surface area contributed by atoms with E-state index in [1.54, 1.807) is 23.1 Å². The zero-order valence-corrected chi connectivity index (χ0v) is 14.8. The second-order valence-electron chi connectivity index (χ2n) is 5.17. The van der Waals surface area contributed by atoms with Gasteiger partial charge in [0.25, 0.3) is 5.91 Å². The normalized spacial score (nSPS) is 10.5. The summed E-state index contributed by atoms with van der Waals surface area (Å²) < 4.78 is 1.08. The fourth-order valence-corrected chi connectivity index (χ4v) is 4.01. The maximum atomic E-state index is 12.5. The highest BCUT2D eigenvalue weighted by Gasteiger charge is 2.11. The first kappa shape index (κ1) is 16.7. The number of hydrogen-bond donors (Lipinski definition) is 1. The van der Waals surface area contributed by atoms with Crippen molar-refractivity contribution in [2.75, 3.05) is 12.3 Å². The lowest BCUT2D eigenvalue weighted by molar-refractivity contribution is 0.0954. The van der Waals surface area contributed by atoms with Gasteiger partial charge in [0, 0.05) is 29.4 Å². The Morgan fingerprint density at radius 3 is 2.67 bits per heavy atom. The van der Waals surface area contributed by atoms with Gasteiger partial charge in [-0.15, -0.1) is 11.3 Å². The molecule has 5 heteroatoms. The van der Waals surface area contributed by atoms with Gasteiger partial charge in [0.1, 0.15) is 4.34 Å². The third-order valence-electron chi connectivity index (χ3n) is 3.50. The second-order valence-corrected chi connectivity index (χ2v) is 7.40. The molecule has 0 saturated carbocycles. The van der Waals surface area contributed by atoms with E-state index in [4.69, 9.17) is 0 Å². The summed E-state index contributed by atoms with van der Waals surface area (Å²) in [4.78, 5) is 16.7. The molecule has 0 saturated heterocycles. The average Bonchev–Trinajstić information content (AvgIpc) is 3.15. The molecule has 3 nitrogen and oxygen atoms in total. The molecule has 0 bridgehead atoms. The van der Waals surface area contributed by atoms with Gasteiger partial charge in [-0.05, 0) is 23.6 Å². The van der Waals surface area contributed by atoms with Crippen LogP contribution in [0.1, 0.15) is 16.8 Å². The quantitative estimate of drug-likeness (QED) is 0.493. The topological polar surface area (TPSA) is 42.0 Å². The fraction of sp³-hybridized carbons (Fsp3) is 0.158. The summed E-state index contributed by atoms with van der Waals surface area (Å²) in [5.41, 5.74) is 2.74. The molecule has 0 spiro atoms. The standard InChI is InChI=1S/C19H18N2OS2/c22-18(20-11-6-13-23-19-21-12-14-24-19)17-10-5-4-9-16(17)15-7-2-1-3-8-15/h1-5,7-10,12,14H,6,11,13H2,(H,20,22). The van der Waals surface area contributed by atoms with Gasteiger partial charge in [0.2, 0.25) is 0 Å². The number of benzene rings is 2. The van der Waals surface area contributed by atoms with E-state index in [0.29, 0.717) is 6.54 Å². The number of aromatic nitrogens is 1. The van der Waals surface area contributed by atoms with Crippen LogP contribution in [0.4, 0.5) is 0 Å². The SMILES string of the molecule is O=C(NCCCSc1nccs1)c1ccccc1-c1ccccc1. The van der Waals surface area contributed by atoms with E-state index in [-0.39, 0.29) is 5.91 Å². The lowest BCUT2D eigenvalue weighted by Gasteiger charge is -2.10. The van der Waals surface area contributed by atoms with Crippen LogP contribution >= 0.6 is 23.1 Å². The predicted octanol–water partition coefficient (Wildman–Crippen LogP) is 4.72. The maximum Gasteiger partial charge on any atom is 0.251 e. The third-order valence-corrected chi connectivity index (χ3v) is 5.55. The molecule has 0 aliphatic heterocycles. The Balaban J connectivity index is 1.55. The second kappa shape index (κ2) is 8.66. The van der Waals surface area contributed by atoms with E-state index in [9.17, 15) is 4.79 Å². The van der Waals surface area contributed by atoms with Crippen molar-refractivity contribution >= 4 is 29.0 Å². The van der Waals surface area contributed by atoms with Gasteiger partial charge in [-0.1, -0.05) is 60.3 Å². The first-order valence-electron chi connectivity index (χ1n) is 7.79. The van der Waals surface area contributed by atoms with Crippen LogP contribution in [0.5, 0.6) is 0 Å². The fourth-order valence-electron chi connectivity index (χ4n) is 2.36. The van der Waals surface area contributed by atoms with Crippen LogP contribution in [0.25, 0.3) is 11.1 Å². The molecule has 0 fully saturated rings. The maximum absolute atomic E-state index is 12.5. The summed E-state index contributed by atoms with van der Waals surface area (Å²) in [7, 11) is 0. The van der Waals surface area contributed by atoms with Crippen LogP contribution in [0.15, 0.2) is 70.5 Å². The first-order valence-corrected chi connectivity index (χ1v) is 9.66. The lowest BCUT2D eigenvalue weighted by atomic mass is 9.99. The molecule has 1 amide bonds. The minimum absolute atomic E-state index is 0.0197. The van der Waals surface area contributed by atoms with Crippen molar-refractivity contribution < 1.29 is 4.79 Å². The summed E-state index contributed by atoms with van der Waals surface area (Å²) >= 11 is 3.38. The van der Waals surface area contributed by atoms with Crippen LogP contribution in [-0.2, 0) is 0 Å². The Morgan fingerprint density at radius 2 is 1.88 bits per heavy atom. The Hall–Kier alpha value is -2.11. The van der Waals surface area contributed by atoms with Crippen molar-refractivity contribution in [2.45, 2.75) is 10.8 Å². The van der Waals surface area contributed by atoms with Crippen LogP contribution in [0, 0.1) is 0 Å². The van der Waals surface area contributed by atoms with Gasteiger partial charge in [-0.25, -0.2) is 4.98 Å². The van der Waals surface area contributed by atoms with Crippen LogP contribution < -0.4 is 5.32 Å². The number of amides is 1. The molecule has 1 N–H and O–H groups in total. The molecule has 24 heavy (non-hydrogen) atoms. The monoisotopic (exact) mass is 354 g/mol. The lowest BCUT2D eigenvalue weighted by Crippen LogP contribution is -2.25. The molecular formula is C19H18N2OS2. The zero-order chi connectivity index (χ0) is 16.6. The molecule has 3 rings (SSSR count). The molecule has 1 aromatic heterocycles. The number of nitrogens with one attached hydrogen (secondary N) is 1. The summed E-state index contributed by atoms with van der Waals surface area (Å²) in [6.07, 6.45) is 2.73. The Bertz CT molecular complexity index is 773. The molecule has 122 valence electrons. The number of nitrogens with zero attached hydrogens (tertiary/aromatic N) is 1. The number of hydrogen-bond acceptors (Lipinski definition) is 4. The molecule has 1 heterocycles. The van der Waals surface area contributed by atoms with E-state index in [0.717, 1.165) is 33.2 Å². The van der Waals surface area contributed by atoms with Crippen molar-refractivity contribution in [2.24, 2.45) is 0 Å². The number of thiazole rings is 1. The van der Waals surface area contributed by atoms with Crippen molar-refractivity contribution in [1.82, 2.24) is 10.3 Å². The smallest absolute Gasteiger partial charge is 0.251 e. The molecule has 0 radical (unpaired) electrons. The first-order chi connectivity index (χ1) is 11.8. The summed E-state index contributed by atoms with van der Waals surface area (Å²) in [6.45, 7) is 0.667. The molecular weight excluding hydrogens is 336 g/mol. The molecule has 0 aliphatic carbocycles. The van der Waals surface area contributed by atoms with Gasteiger partial charge >= 0.3 is 0 Å². The Kier molecular flexibility index (Phi) is 6.04. The van der Waals surface area contributed by atoms with Gasteiger partial charge in [-0.3, -0.25) is 4.79 Å². The highest BCUT2D eigenvalue weighted by atomic mass is 32.2. The van der Waals surface area contributed by atoms with E-state index in [1.165, 1.54) is 0 Å². The van der Waals surface area contributed by atoms with Crippen LogP contribution in [0.3, 0.4) is 0 Å². The third kappa shape index (κ3) is 4.46. The van der Waals surface area contributed by atoms with Gasteiger partial charge in [0.15, 0.2) is 0 Å². The van der Waals surface area contributed by atoms with E-state index >= 15 is 0 Å². The zero-order valence-electron chi connectivity index (χ0n) is 13.1. The largest absolute Gasteiger partial charge is 0.352 e. The van der Waals surface area contributed by atoms with Gasteiger partial charge < -0.3 is 5.32 Å². The summed E-state index contributed by atoms with van der Waals surface area (Å²) in [6, 6.07) is 17.7. The number of carbonyl (C=O) groups excluding carboxylic acids is 1. The van der Waals surface area contributed by atoms with Gasteiger partial charge in [0.05, 0.1) is 0 Å². The summed E-state index contributed by atoms with van der Waals surface area (Å²) in [5.74, 6) is 0.933. The molecule has 2 aromatic carbocycles. The van der Waals surface area contributed by atoms with Gasteiger partial charge in [-0.2, -0.15) is 0 Å². The number of rotatable bonds is 7. The number of thioether (sulfide) groups is 1. The molecule has 3 aromatic rings. The highest BCUT2D eigenvalue weighted by molar-refractivity contribution is 8.00. The Morgan fingerprint density at radius 1 is 1.08 bits per heavy atom. The highest BCUT2D eigenvalue weighted by Crippen LogP contribution is 2.23. The van der Waals surface area contributed by atoms with E-state index in [2.05, 4.69) is 10.3 Å². The average molecular weight is 355 g/mol. The Labute approximate surface area is 150 Å². The van der Waals surface area contributed by atoms with Crippen LogP contribution in [-0.4, -0.2) is 23.2 Å². The van der Waals surface area contributed by atoms with E-state index < -0.39 is 0 Å². The number of carbonyl (C=O) groups is 1. The van der Waals surface area contributed by atoms with Crippen molar-refractivity contribution in [3.05, 3.63) is 71.7 Å². The molecule has 0 aliphatic rings. The van der Waals surface area contributed by atoms with Crippen molar-refractivity contribution in [3.8, 4) is 11.1 Å². The summed E-state index contributed by atoms with van der Waals surface area (Å²) in [5, 5.41) is 5.00. The van der Waals surface area contributed by atoms with Crippen LogP contribution in [0.2, 0.25) is 0 Å². The van der Waals surface area contributed by atoms with E-state index in [1.807, 2.05) is 66.2 Å². The molecule has 0 unspecified atom stereocenters. The minimum atomic E-state index is -0.0197. The predicted molar refractivity (Wildman–Crippen MR) is 102 cm³/mol. The molecule has 0 atom stereocenters. The van der Waals surface area contributed by atoms with Crippen molar-refractivity contribution in [3.63, 3.8) is 0 Å². The van der Waals surface area contributed by atoms with Crippen molar-refractivity contribution in [1.29, 1.82) is 0 Å². The minimum Gasteiger partial charge on any atom is -0.352 e.